The molecular formula is C12H15BrN4O3. The van der Waals surface area contributed by atoms with Gasteiger partial charge in [-0.25, -0.2) is 9.97 Å². The van der Waals surface area contributed by atoms with Crippen molar-refractivity contribution in [2.75, 3.05) is 5.73 Å². The number of aliphatic hydroxyl groups is 2. The zero-order chi connectivity index (χ0) is 14.4. The largest absolute Gasteiger partial charge is 0.388 e. The minimum atomic E-state index is -1.02. The second kappa shape index (κ2) is 4.96. The fourth-order valence-electron chi connectivity index (χ4n) is 2.55. The van der Waals surface area contributed by atoms with E-state index in [-0.39, 0.29) is 0 Å². The van der Waals surface area contributed by atoms with Crippen LogP contribution in [0.25, 0.3) is 11.0 Å². The lowest BCUT2D eigenvalue weighted by atomic mass is 10.1. The van der Waals surface area contributed by atoms with E-state index < -0.39 is 24.5 Å². The first-order valence-electron chi connectivity index (χ1n) is 6.32. The maximum absolute atomic E-state index is 10.2. The van der Waals surface area contributed by atoms with Gasteiger partial charge in [0.05, 0.1) is 11.5 Å². The summed E-state index contributed by atoms with van der Waals surface area (Å²) in [6.45, 7) is 1.90. The Balaban J connectivity index is 2.10. The molecule has 8 heteroatoms. The van der Waals surface area contributed by atoms with Gasteiger partial charge in [0.2, 0.25) is 0 Å². The van der Waals surface area contributed by atoms with Crippen LogP contribution in [0.2, 0.25) is 0 Å². The monoisotopic (exact) mass is 342 g/mol. The van der Waals surface area contributed by atoms with Gasteiger partial charge in [-0.3, -0.25) is 0 Å². The highest BCUT2D eigenvalue weighted by molar-refractivity contribution is 9.10. The molecule has 0 amide bonds. The number of anilines is 1. The van der Waals surface area contributed by atoms with E-state index >= 15 is 0 Å². The summed E-state index contributed by atoms with van der Waals surface area (Å²) in [5.41, 5.74) is 6.39. The van der Waals surface area contributed by atoms with E-state index in [9.17, 15) is 10.2 Å². The third kappa shape index (κ3) is 1.91. The molecule has 4 N–H and O–H groups in total. The lowest BCUT2D eigenvalue weighted by Gasteiger charge is -2.17. The maximum atomic E-state index is 10.2. The Morgan fingerprint density at radius 3 is 2.80 bits per heavy atom. The van der Waals surface area contributed by atoms with Crippen LogP contribution in [0.4, 0.5) is 5.82 Å². The molecule has 1 fully saturated rings. The number of nitrogens with zero attached hydrogens (tertiary/aromatic N) is 3. The van der Waals surface area contributed by atoms with Gasteiger partial charge in [0.25, 0.3) is 0 Å². The molecule has 0 radical (unpaired) electrons. The highest BCUT2D eigenvalue weighted by Gasteiger charge is 2.43. The first-order chi connectivity index (χ1) is 9.54. The normalized spacial score (nSPS) is 30.2. The van der Waals surface area contributed by atoms with E-state index in [4.69, 9.17) is 10.5 Å². The third-order valence-electron chi connectivity index (χ3n) is 3.61. The van der Waals surface area contributed by atoms with Crippen molar-refractivity contribution in [3.8, 4) is 0 Å². The van der Waals surface area contributed by atoms with Crippen LogP contribution in [-0.2, 0) is 4.74 Å². The number of halogens is 1. The number of nitrogen functional groups attached to an aromatic ring is 1. The molecule has 0 aliphatic carbocycles. The first kappa shape index (κ1) is 13.7. The van der Waals surface area contributed by atoms with Crippen LogP contribution >= 0.6 is 15.9 Å². The molecule has 1 aliphatic rings. The average molecular weight is 343 g/mol. The minimum Gasteiger partial charge on any atom is -0.388 e. The van der Waals surface area contributed by atoms with Gasteiger partial charge in [-0.05, 0) is 22.4 Å². The lowest BCUT2D eigenvalue weighted by Crippen LogP contribution is -2.31. The van der Waals surface area contributed by atoms with Crippen LogP contribution in [0.15, 0.2) is 17.0 Å². The Morgan fingerprint density at radius 2 is 2.15 bits per heavy atom. The molecule has 108 valence electrons. The SMILES string of the molecule is CC[C@H]1OC(n2cc(Br)c3c(N)ncnc32)[C@H](O)[C@@H]1O. The molecule has 7 nitrogen and oxygen atoms in total. The van der Waals surface area contributed by atoms with Crippen molar-refractivity contribution in [1.29, 1.82) is 0 Å². The summed E-state index contributed by atoms with van der Waals surface area (Å²) in [5, 5.41) is 20.8. The molecule has 3 rings (SSSR count). The summed E-state index contributed by atoms with van der Waals surface area (Å²) >= 11 is 3.40. The molecule has 0 bridgehead atoms. The van der Waals surface area contributed by atoms with Gasteiger partial charge in [-0.2, -0.15) is 0 Å². The number of ether oxygens (including phenoxy) is 1. The molecule has 1 saturated heterocycles. The molecular weight excluding hydrogens is 328 g/mol. The zero-order valence-electron chi connectivity index (χ0n) is 10.8. The molecule has 3 heterocycles. The second-order valence-electron chi connectivity index (χ2n) is 4.80. The lowest BCUT2D eigenvalue weighted by molar-refractivity contribution is -0.0353. The molecule has 1 unspecified atom stereocenters. The number of rotatable bonds is 2. The fourth-order valence-corrected chi connectivity index (χ4v) is 3.15. The van der Waals surface area contributed by atoms with Gasteiger partial charge < -0.3 is 25.3 Å². The van der Waals surface area contributed by atoms with E-state index in [1.54, 1.807) is 10.8 Å². The first-order valence-corrected chi connectivity index (χ1v) is 7.12. The number of hydrogen-bond donors (Lipinski definition) is 3. The number of aromatic nitrogens is 3. The summed E-state index contributed by atoms with van der Waals surface area (Å²) in [4.78, 5) is 8.13. The van der Waals surface area contributed by atoms with E-state index in [0.29, 0.717) is 23.3 Å². The molecule has 0 spiro atoms. The van der Waals surface area contributed by atoms with Crippen LogP contribution in [0.3, 0.4) is 0 Å². The minimum absolute atomic E-state index is 0.348. The van der Waals surface area contributed by atoms with Crippen molar-refractivity contribution >= 4 is 32.8 Å². The quantitative estimate of drug-likeness (QED) is 0.745. The summed E-state index contributed by atoms with van der Waals surface area (Å²) < 4.78 is 8.11. The number of aliphatic hydroxyl groups excluding tert-OH is 2. The van der Waals surface area contributed by atoms with Crippen molar-refractivity contribution in [2.24, 2.45) is 0 Å². The summed E-state index contributed by atoms with van der Waals surface area (Å²) in [6, 6.07) is 0. The van der Waals surface area contributed by atoms with Crippen molar-refractivity contribution in [3.05, 3.63) is 17.0 Å². The molecule has 4 atom stereocenters. The number of fused-ring (bicyclic) bond motifs is 1. The van der Waals surface area contributed by atoms with Gasteiger partial charge in [0.1, 0.15) is 30.0 Å². The molecule has 1 aliphatic heterocycles. The predicted octanol–water partition coefficient (Wildman–Crippen LogP) is 0.805. The van der Waals surface area contributed by atoms with E-state index in [2.05, 4.69) is 25.9 Å². The summed E-state index contributed by atoms with van der Waals surface area (Å²) in [5.74, 6) is 0.348. The van der Waals surface area contributed by atoms with Gasteiger partial charge in [0.15, 0.2) is 6.23 Å². The Bertz CT molecular complexity index is 647. The Labute approximate surface area is 123 Å². The predicted molar refractivity (Wildman–Crippen MR) is 75.9 cm³/mol. The van der Waals surface area contributed by atoms with Crippen molar-refractivity contribution in [1.82, 2.24) is 14.5 Å². The van der Waals surface area contributed by atoms with Crippen LogP contribution in [-0.4, -0.2) is 43.1 Å². The average Bonchev–Trinajstić information content (AvgIpc) is 2.90. The van der Waals surface area contributed by atoms with Gasteiger partial charge in [-0.1, -0.05) is 6.92 Å². The highest BCUT2D eigenvalue weighted by atomic mass is 79.9. The van der Waals surface area contributed by atoms with Crippen LogP contribution in [0.1, 0.15) is 19.6 Å². The van der Waals surface area contributed by atoms with Crippen molar-refractivity contribution in [3.63, 3.8) is 0 Å². The Hall–Kier alpha value is -1.22. The van der Waals surface area contributed by atoms with Crippen LogP contribution < -0.4 is 5.73 Å². The van der Waals surface area contributed by atoms with Crippen molar-refractivity contribution < 1.29 is 14.9 Å². The molecule has 0 aromatic carbocycles. The maximum Gasteiger partial charge on any atom is 0.164 e. The van der Waals surface area contributed by atoms with Crippen LogP contribution in [0, 0.1) is 0 Å². The van der Waals surface area contributed by atoms with Gasteiger partial charge in [-0.15, -0.1) is 0 Å². The van der Waals surface area contributed by atoms with Gasteiger partial charge in [0, 0.05) is 10.7 Å². The zero-order valence-corrected chi connectivity index (χ0v) is 12.4. The van der Waals surface area contributed by atoms with E-state index in [1.165, 1.54) is 6.33 Å². The van der Waals surface area contributed by atoms with Crippen LogP contribution in [0.5, 0.6) is 0 Å². The number of hydrogen-bond acceptors (Lipinski definition) is 6. The third-order valence-corrected chi connectivity index (χ3v) is 4.21. The summed E-state index contributed by atoms with van der Waals surface area (Å²) in [6.07, 6.45) is 0.679. The Kier molecular flexibility index (Phi) is 3.41. The van der Waals surface area contributed by atoms with E-state index in [1.807, 2.05) is 6.92 Å². The van der Waals surface area contributed by atoms with Gasteiger partial charge >= 0.3 is 0 Å². The summed E-state index contributed by atoms with van der Waals surface area (Å²) in [7, 11) is 0. The second-order valence-corrected chi connectivity index (χ2v) is 5.65. The molecule has 20 heavy (non-hydrogen) atoms. The Morgan fingerprint density at radius 1 is 1.40 bits per heavy atom. The molecule has 0 saturated carbocycles. The fraction of sp³-hybridized carbons (Fsp3) is 0.500. The highest BCUT2D eigenvalue weighted by Crippen LogP contribution is 2.36. The number of nitrogens with two attached hydrogens (primary N) is 1. The topological polar surface area (TPSA) is 106 Å². The van der Waals surface area contributed by atoms with E-state index in [0.717, 1.165) is 4.47 Å². The molecule has 2 aromatic heterocycles. The van der Waals surface area contributed by atoms with Crippen molar-refractivity contribution in [2.45, 2.75) is 37.9 Å². The molecule has 2 aromatic rings. The smallest absolute Gasteiger partial charge is 0.164 e. The standard InChI is InChI=1S/C12H15BrN4O3/c1-2-6-8(18)9(19)12(20-6)17-3-5(13)7-10(14)15-4-16-11(7)17/h3-4,6,8-9,12,18-19H,2H2,1H3,(H2,14,15,16)/t6-,8-,9-,12?/m1/s1.